The maximum absolute atomic E-state index is 11.8. The molecule has 18 heavy (non-hydrogen) atoms. The second kappa shape index (κ2) is 6.61. The van der Waals surface area contributed by atoms with E-state index in [2.05, 4.69) is 4.74 Å². The number of halogens is 2. The molecule has 0 fully saturated rings. The Balaban J connectivity index is 2.63. The summed E-state index contributed by atoms with van der Waals surface area (Å²) in [6.45, 7) is -0.0728. The van der Waals surface area contributed by atoms with Gasteiger partial charge in [0.2, 0.25) is 5.91 Å². The Morgan fingerprint density at radius 3 is 2.50 bits per heavy atom. The van der Waals surface area contributed by atoms with Crippen LogP contribution in [-0.2, 0) is 20.7 Å². The van der Waals surface area contributed by atoms with Crippen LogP contribution in [0.3, 0.4) is 0 Å². The van der Waals surface area contributed by atoms with Crippen LogP contribution in [0.15, 0.2) is 18.2 Å². The summed E-state index contributed by atoms with van der Waals surface area (Å²) >= 11 is 11.6. The van der Waals surface area contributed by atoms with Crippen molar-refractivity contribution in [3.63, 3.8) is 0 Å². The monoisotopic (exact) mass is 289 g/mol. The Hall–Kier alpha value is -1.26. The highest BCUT2D eigenvalue weighted by Gasteiger charge is 2.14. The molecule has 0 atom stereocenters. The molecule has 1 aromatic carbocycles. The molecular formula is C12H13Cl2NO3. The molecule has 0 aliphatic rings. The number of likely N-dealkylation sites (N-methyl/N-ethyl adjacent to an activating group) is 1. The summed E-state index contributed by atoms with van der Waals surface area (Å²) in [5, 5.41) is 0.841. The van der Waals surface area contributed by atoms with E-state index >= 15 is 0 Å². The Morgan fingerprint density at radius 1 is 1.28 bits per heavy atom. The third-order valence-corrected chi connectivity index (χ3v) is 3.10. The third-order valence-electron chi connectivity index (χ3n) is 2.36. The van der Waals surface area contributed by atoms with E-state index in [-0.39, 0.29) is 18.9 Å². The number of carbonyl (C=O) groups is 2. The van der Waals surface area contributed by atoms with E-state index in [9.17, 15) is 9.59 Å². The van der Waals surface area contributed by atoms with E-state index in [0.717, 1.165) is 5.56 Å². The summed E-state index contributed by atoms with van der Waals surface area (Å²) in [5.41, 5.74) is 0.742. The van der Waals surface area contributed by atoms with Crippen LogP contribution in [0, 0.1) is 0 Å². The lowest BCUT2D eigenvalue weighted by Gasteiger charge is -2.15. The standard InChI is InChI=1S/C12H13Cl2NO3/c1-15(7-12(17)18-2)11(16)6-8-3-4-9(13)10(14)5-8/h3-5H,6-7H2,1-2H3. The van der Waals surface area contributed by atoms with Crippen molar-refractivity contribution in [2.24, 2.45) is 0 Å². The predicted molar refractivity (Wildman–Crippen MR) is 69.8 cm³/mol. The molecule has 0 radical (unpaired) electrons. The lowest BCUT2D eigenvalue weighted by molar-refractivity contribution is -0.145. The fourth-order valence-electron chi connectivity index (χ4n) is 1.31. The van der Waals surface area contributed by atoms with Crippen molar-refractivity contribution in [1.29, 1.82) is 0 Å². The molecule has 0 saturated heterocycles. The van der Waals surface area contributed by atoms with Gasteiger partial charge in [-0.15, -0.1) is 0 Å². The number of carbonyl (C=O) groups excluding carboxylic acids is 2. The van der Waals surface area contributed by atoms with Crippen LogP contribution in [-0.4, -0.2) is 37.5 Å². The minimum absolute atomic E-state index is 0.0728. The quantitative estimate of drug-likeness (QED) is 0.798. The van der Waals surface area contributed by atoms with E-state index in [4.69, 9.17) is 23.2 Å². The van der Waals surface area contributed by atoms with Gasteiger partial charge in [0.15, 0.2) is 0 Å². The number of methoxy groups -OCH3 is 1. The third kappa shape index (κ3) is 4.20. The molecule has 0 heterocycles. The summed E-state index contributed by atoms with van der Waals surface area (Å²) in [7, 11) is 2.82. The van der Waals surface area contributed by atoms with Gasteiger partial charge in [-0.2, -0.15) is 0 Å². The predicted octanol–water partition coefficient (Wildman–Crippen LogP) is 2.17. The van der Waals surface area contributed by atoms with E-state index in [1.165, 1.54) is 19.1 Å². The Bertz CT molecular complexity index is 463. The van der Waals surface area contributed by atoms with Crippen molar-refractivity contribution in [2.75, 3.05) is 20.7 Å². The van der Waals surface area contributed by atoms with Gasteiger partial charge in [-0.3, -0.25) is 9.59 Å². The van der Waals surface area contributed by atoms with Gasteiger partial charge in [0, 0.05) is 7.05 Å². The number of nitrogens with zero attached hydrogens (tertiary/aromatic N) is 1. The summed E-state index contributed by atoms with van der Waals surface area (Å²) < 4.78 is 4.48. The number of amides is 1. The Kier molecular flexibility index (Phi) is 5.44. The molecule has 0 N–H and O–H groups in total. The van der Waals surface area contributed by atoms with Crippen LogP contribution in [0.4, 0.5) is 0 Å². The summed E-state index contributed by atoms with van der Waals surface area (Å²) in [6.07, 6.45) is 0.157. The number of esters is 1. The zero-order valence-corrected chi connectivity index (χ0v) is 11.6. The lowest BCUT2D eigenvalue weighted by atomic mass is 10.1. The van der Waals surface area contributed by atoms with Crippen molar-refractivity contribution in [2.45, 2.75) is 6.42 Å². The van der Waals surface area contributed by atoms with Crippen LogP contribution in [0.25, 0.3) is 0 Å². The topological polar surface area (TPSA) is 46.6 Å². The largest absolute Gasteiger partial charge is 0.468 e. The van der Waals surface area contributed by atoms with Crippen LogP contribution < -0.4 is 0 Å². The zero-order chi connectivity index (χ0) is 13.7. The van der Waals surface area contributed by atoms with E-state index < -0.39 is 5.97 Å². The van der Waals surface area contributed by atoms with Crippen LogP contribution in [0.5, 0.6) is 0 Å². The van der Waals surface area contributed by atoms with Gasteiger partial charge in [-0.1, -0.05) is 29.3 Å². The van der Waals surface area contributed by atoms with Crippen molar-refractivity contribution in [3.05, 3.63) is 33.8 Å². The molecular weight excluding hydrogens is 277 g/mol. The minimum Gasteiger partial charge on any atom is -0.468 e. The fraction of sp³-hybridized carbons (Fsp3) is 0.333. The van der Waals surface area contributed by atoms with Gasteiger partial charge < -0.3 is 9.64 Å². The molecule has 98 valence electrons. The molecule has 0 unspecified atom stereocenters. The van der Waals surface area contributed by atoms with E-state index in [0.29, 0.717) is 10.0 Å². The molecule has 0 bridgehead atoms. The fourth-order valence-corrected chi connectivity index (χ4v) is 1.63. The first-order chi connectivity index (χ1) is 8.43. The van der Waals surface area contributed by atoms with Crippen LogP contribution in [0.1, 0.15) is 5.56 Å². The first kappa shape index (κ1) is 14.8. The number of benzene rings is 1. The first-order valence-corrected chi connectivity index (χ1v) is 5.94. The van der Waals surface area contributed by atoms with Crippen molar-refractivity contribution in [3.8, 4) is 0 Å². The molecule has 6 heteroatoms. The Morgan fingerprint density at radius 2 is 1.94 bits per heavy atom. The summed E-state index contributed by atoms with van der Waals surface area (Å²) in [6, 6.07) is 4.98. The van der Waals surface area contributed by atoms with Crippen molar-refractivity contribution in [1.82, 2.24) is 4.90 Å². The van der Waals surface area contributed by atoms with Gasteiger partial charge in [0.25, 0.3) is 0 Å². The van der Waals surface area contributed by atoms with E-state index in [1.807, 2.05) is 0 Å². The van der Waals surface area contributed by atoms with Gasteiger partial charge in [0.05, 0.1) is 23.6 Å². The maximum Gasteiger partial charge on any atom is 0.325 e. The van der Waals surface area contributed by atoms with Crippen LogP contribution >= 0.6 is 23.2 Å². The summed E-state index contributed by atoms with van der Waals surface area (Å²) in [5.74, 6) is -0.654. The molecule has 0 spiro atoms. The molecule has 1 amide bonds. The highest BCUT2D eigenvalue weighted by Crippen LogP contribution is 2.22. The molecule has 4 nitrogen and oxygen atoms in total. The average Bonchev–Trinajstić information content (AvgIpc) is 2.33. The first-order valence-electron chi connectivity index (χ1n) is 5.18. The average molecular weight is 290 g/mol. The molecule has 0 aromatic heterocycles. The lowest BCUT2D eigenvalue weighted by Crippen LogP contribution is -2.33. The molecule has 0 aliphatic heterocycles. The van der Waals surface area contributed by atoms with Gasteiger partial charge >= 0.3 is 5.97 Å². The SMILES string of the molecule is COC(=O)CN(C)C(=O)Cc1ccc(Cl)c(Cl)c1. The summed E-state index contributed by atoms with van der Waals surface area (Å²) in [4.78, 5) is 24.1. The minimum atomic E-state index is -0.458. The number of rotatable bonds is 4. The van der Waals surface area contributed by atoms with Crippen molar-refractivity contribution >= 4 is 35.1 Å². The highest BCUT2D eigenvalue weighted by molar-refractivity contribution is 6.42. The number of hydrogen-bond donors (Lipinski definition) is 0. The molecule has 1 aromatic rings. The highest BCUT2D eigenvalue weighted by atomic mass is 35.5. The van der Waals surface area contributed by atoms with E-state index in [1.54, 1.807) is 18.2 Å². The number of ether oxygens (including phenoxy) is 1. The van der Waals surface area contributed by atoms with Gasteiger partial charge in [0.1, 0.15) is 6.54 Å². The molecule has 0 saturated carbocycles. The molecule has 1 rings (SSSR count). The number of hydrogen-bond acceptors (Lipinski definition) is 3. The maximum atomic E-state index is 11.8. The van der Waals surface area contributed by atoms with Gasteiger partial charge in [-0.05, 0) is 17.7 Å². The zero-order valence-electron chi connectivity index (χ0n) is 10.1. The second-order valence-electron chi connectivity index (χ2n) is 3.75. The Labute approximate surface area is 115 Å². The normalized spacial score (nSPS) is 10.0. The second-order valence-corrected chi connectivity index (χ2v) is 4.57. The van der Waals surface area contributed by atoms with Gasteiger partial charge in [-0.25, -0.2) is 0 Å². The smallest absolute Gasteiger partial charge is 0.325 e. The molecule has 0 aliphatic carbocycles. The van der Waals surface area contributed by atoms with Crippen molar-refractivity contribution < 1.29 is 14.3 Å². The van der Waals surface area contributed by atoms with Crippen LogP contribution in [0.2, 0.25) is 10.0 Å².